The standard InChI is InChI=1S/C15H20Cl2N2O2.ClH/c1-21-10-9-18-7-8-19-14(20)15(5-6-15)13-11(16)3-2-4-12(13)17;/h2-4,18H,5-10H2,1H3,(H,19,20);1H. The van der Waals surface area contributed by atoms with Gasteiger partial charge in [-0.2, -0.15) is 0 Å². The average Bonchev–Trinajstić information content (AvgIpc) is 3.24. The fourth-order valence-electron chi connectivity index (χ4n) is 2.40. The van der Waals surface area contributed by atoms with E-state index in [9.17, 15) is 4.79 Å². The van der Waals surface area contributed by atoms with Gasteiger partial charge < -0.3 is 15.4 Å². The van der Waals surface area contributed by atoms with E-state index in [2.05, 4.69) is 10.6 Å². The molecule has 0 aliphatic heterocycles. The molecule has 0 radical (unpaired) electrons. The molecule has 1 aromatic rings. The summed E-state index contributed by atoms with van der Waals surface area (Å²) in [6, 6.07) is 5.35. The normalized spacial score (nSPS) is 15.0. The fourth-order valence-corrected chi connectivity index (χ4v) is 3.16. The zero-order valence-electron chi connectivity index (χ0n) is 12.5. The highest BCUT2D eigenvalue weighted by molar-refractivity contribution is 6.36. The van der Waals surface area contributed by atoms with Gasteiger partial charge in [-0.3, -0.25) is 4.79 Å². The molecule has 0 saturated heterocycles. The number of carbonyl (C=O) groups excluding carboxylic acids is 1. The lowest BCUT2D eigenvalue weighted by Crippen LogP contribution is -2.39. The predicted molar refractivity (Wildman–Crippen MR) is 92.4 cm³/mol. The van der Waals surface area contributed by atoms with Crippen LogP contribution < -0.4 is 10.6 Å². The summed E-state index contributed by atoms with van der Waals surface area (Å²) in [5, 5.41) is 7.27. The number of benzene rings is 1. The molecular formula is C15H21Cl3N2O2. The Morgan fingerprint density at radius 2 is 1.86 bits per heavy atom. The van der Waals surface area contributed by atoms with Crippen LogP contribution in [0.5, 0.6) is 0 Å². The Hall–Kier alpha value is -0.520. The third-order valence-corrected chi connectivity index (χ3v) is 4.33. The Morgan fingerprint density at radius 1 is 1.23 bits per heavy atom. The summed E-state index contributed by atoms with van der Waals surface area (Å²) in [6.07, 6.45) is 1.58. The maximum Gasteiger partial charge on any atom is 0.230 e. The van der Waals surface area contributed by atoms with Crippen LogP contribution in [0.15, 0.2) is 18.2 Å². The van der Waals surface area contributed by atoms with E-state index < -0.39 is 5.41 Å². The van der Waals surface area contributed by atoms with Crippen molar-refractivity contribution in [3.63, 3.8) is 0 Å². The topological polar surface area (TPSA) is 50.4 Å². The quantitative estimate of drug-likeness (QED) is 0.695. The second kappa shape index (κ2) is 8.94. The minimum atomic E-state index is -0.540. The van der Waals surface area contributed by atoms with E-state index >= 15 is 0 Å². The monoisotopic (exact) mass is 366 g/mol. The van der Waals surface area contributed by atoms with Gasteiger partial charge in [0.25, 0.3) is 0 Å². The third-order valence-electron chi connectivity index (χ3n) is 3.70. The third kappa shape index (κ3) is 4.49. The van der Waals surface area contributed by atoms with Gasteiger partial charge in [0.15, 0.2) is 0 Å². The number of amides is 1. The van der Waals surface area contributed by atoms with Gasteiger partial charge in [0.2, 0.25) is 5.91 Å². The molecule has 0 unspecified atom stereocenters. The van der Waals surface area contributed by atoms with Crippen LogP contribution in [0.2, 0.25) is 10.0 Å². The van der Waals surface area contributed by atoms with E-state index in [0.29, 0.717) is 29.7 Å². The lowest BCUT2D eigenvalue weighted by Gasteiger charge is -2.18. The van der Waals surface area contributed by atoms with Crippen LogP contribution in [0.3, 0.4) is 0 Å². The van der Waals surface area contributed by atoms with Crippen molar-refractivity contribution in [1.82, 2.24) is 10.6 Å². The molecule has 1 aliphatic carbocycles. The number of ether oxygens (including phenoxy) is 1. The zero-order chi connectivity index (χ0) is 15.3. The highest BCUT2D eigenvalue weighted by atomic mass is 35.5. The summed E-state index contributed by atoms with van der Waals surface area (Å²) in [4.78, 5) is 12.4. The number of carbonyl (C=O) groups is 1. The SMILES string of the molecule is COCCNCCNC(=O)C1(c2c(Cl)cccc2Cl)CC1.Cl. The minimum Gasteiger partial charge on any atom is -0.383 e. The first-order valence-electron chi connectivity index (χ1n) is 7.04. The molecule has 0 bridgehead atoms. The van der Waals surface area contributed by atoms with Gasteiger partial charge in [0, 0.05) is 42.4 Å². The first kappa shape index (κ1) is 19.5. The van der Waals surface area contributed by atoms with Gasteiger partial charge >= 0.3 is 0 Å². The molecule has 1 aliphatic rings. The van der Waals surface area contributed by atoms with Gasteiger partial charge in [0.1, 0.15) is 0 Å². The molecule has 0 spiro atoms. The second-order valence-corrected chi connectivity index (χ2v) is 5.99. The lowest BCUT2D eigenvalue weighted by molar-refractivity contribution is -0.123. The van der Waals surface area contributed by atoms with Gasteiger partial charge in [-0.05, 0) is 25.0 Å². The molecule has 1 amide bonds. The number of hydrogen-bond donors (Lipinski definition) is 2. The van der Waals surface area contributed by atoms with Gasteiger partial charge in [-0.15, -0.1) is 12.4 Å². The highest BCUT2D eigenvalue weighted by Crippen LogP contribution is 2.52. The largest absolute Gasteiger partial charge is 0.383 e. The summed E-state index contributed by atoms with van der Waals surface area (Å²) < 4.78 is 4.94. The molecule has 2 N–H and O–H groups in total. The smallest absolute Gasteiger partial charge is 0.230 e. The van der Waals surface area contributed by atoms with Crippen LogP contribution >= 0.6 is 35.6 Å². The lowest BCUT2D eigenvalue weighted by atomic mass is 9.94. The Balaban J connectivity index is 0.00000242. The molecule has 4 nitrogen and oxygen atoms in total. The maximum absolute atomic E-state index is 12.4. The predicted octanol–water partition coefficient (Wildman–Crippen LogP) is 2.80. The summed E-state index contributed by atoms with van der Waals surface area (Å²) in [5.41, 5.74) is 0.222. The van der Waals surface area contributed by atoms with E-state index in [-0.39, 0.29) is 18.3 Å². The summed E-state index contributed by atoms with van der Waals surface area (Å²) in [7, 11) is 1.66. The number of rotatable bonds is 8. The van der Waals surface area contributed by atoms with E-state index in [0.717, 1.165) is 24.9 Å². The van der Waals surface area contributed by atoms with Crippen LogP contribution in [0.25, 0.3) is 0 Å². The molecule has 7 heteroatoms. The Bertz CT molecular complexity index is 487. The van der Waals surface area contributed by atoms with Crippen LogP contribution in [0, 0.1) is 0 Å². The Kier molecular flexibility index (Phi) is 7.94. The van der Waals surface area contributed by atoms with Crippen molar-refractivity contribution in [2.45, 2.75) is 18.3 Å². The molecular weight excluding hydrogens is 347 g/mol. The maximum atomic E-state index is 12.4. The average molecular weight is 368 g/mol. The van der Waals surface area contributed by atoms with Crippen LogP contribution in [-0.4, -0.2) is 39.3 Å². The molecule has 0 heterocycles. The molecule has 22 heavy (non-hydrogen) atoms. The van der Waals surface area contributed by atoms with Crippen LogP contribution in [-0.2, 0) is 14.9 Å². The zero-order valence-corrected chi connectivity index (χ0v) is 14.8. The van der Waals surface area contributed by atoms with E-state index in [1.807, 2.05) is 0 Å². The van der Waals surface area contributed by atoms with Crippen molar-refractivity contribution in [2.24, 2.45) is 0 Å². The van der Waals surface area contributed by atoms with Crippen molar-refractivity contribution in [2.75, 3.05) is 33.4 Å². The van der Waals surface area contributed by atoms with E-state index in [1.165, 1.54) is 0 Å². The van der Waals surface area contributed by atoms with E-state index in [1.54, 1.807) is 25.3 Å². The van der Waals surface area contributed by atoms with Crippen molar-refractivity contribution in [1.29, 1.82) is 0 Å². The highest BCUT2D eigenvalue weighted by Gasteiger charge is 2.53. The first-order valence-corrected chi connectivity index (χ1v) is 7.80. The van der Waals surface area contributed by atoms with Crippen molar-refractivity contribution in [3.05, 3.63) is 33.8 Å². The van der Waals surface area contributed by atoms with Crippen molar-refractivity contribution in [3.8, 4) is 0 Å². The first-order chi connectivity index (χ1) is 10.1. The molecule has 1 aromatic carbocycles. The van der Waals surface area contributed by atoms with Gasteiger partial charge in [-0.1, -0.05) is 29.3 Å². The van der Waals surface area contributed by atoms with Crippen molar-refractivity contribution >= 4 is 41.5 Å². The fraction of sp³-hybridized carbons (Fsp3) is 0.533. The van der Waals surface area contributed by atoms with E-state index in [4.69, 9.17) is 27.9 Å². The molecule has 1 saturated carbocycles. The number of halogens is 3. The van der Waals surface area contributed by atoms with Crippen LogP contribution in [0.4, 0.5) is 0 Å². The minimum absolute atomic E-state index is 0. The molecule has 0 aromatic heterocycles. The van der Waals surface area contributed by atoms with Gasteiger partial charge in [0.05, 0.1) is 12.0 Å². The molecule has 2 rings (SSSR count). The number of hydrogen-bond acceptors (Lipinski definition) is 3. The molecule has 124 valence electrons. The number of methoxy groups -OCH3 is 1. The summed E-state index contributed by atoms with van der Waals surface area (Å²) in [6.45, 7) is 2.72. The summed E-state index contributed by atoms with van der Waals surface area (Å²) in [5.74, 6) is 0.00559. The summed E-state index contributed by atoms with van der Waals surface area (Å²) >= 11 is 12.5. The van der Waals surface area contributed by atoms with Crippen molar-refractivity contribution < 1.29 is 9.53 Å². The molecule has 0 atom stereocenters. The Morgan fingerprint density at radius 3 is 2.41 bits per heavy atom. The molecule has 1 fully saturated rings. The van der Waals surface area contributed by atoms with Crippen LogP contribution in [0.1, 0.15) is 18.4 Å². The Labute approximate surface area is 147 Å². The second-order valence-electron chi connectivity index (χ2n) is 5.18. The van der Waals surface area contributed by atoms with Gasteiger partial charge in [-0.25, -0.2) is 0 Å². The number of nitrogens with one attached hydrogen (secondary N) is 2.